The van der Waals surface area contributed by atoms with Gasteiger partial charge in [0.25, 0.3) is 5.91 Å². The Morgan fingerprint density at radius 3 is 2.33 bits per heavy atom. The van der Waals surface area contributed by atoms with Crippen LogP contribution in [0.4, 0.5) is 0 Å². The predicted octanol–water partition coefficient (Wildman–Crippen LogP) is 0.996. The number of aliphatic carboxylic acids is 1. The normalized spacial score (nSPS) is 13.3. The van der Waals surface area contributed by atoms with Gasteiger partial charge in [-0.3, -0.25) is 9.59 Å². The molecule has 2 atom stereocenters. The zero-order chi connectivity index (χ0) is 15.8. The van der Waals surface area contributed by atoms with Gasteiger partial charge in [-0.2, -0.15) is 0 Å². The molecule has 0 aromatic heterocycles. The Kier molecular flexibility index (Phi) is 6.68. The number of carboxylic acids is 1. The van der Waals surface area contributed by atoms with Crippen molar-refractivity contribution in [2.24, 2.45) is 5.92 Å². The van der Waals surface area contributed by atoms with Crippen LogP contribution in [0.3, 0.4) is 0 Å². The maximum absolute atomic E-state index is 12.1. The van der Waals surface area contributed by atoms with Crippen molar-refractivity contribution in [2.75, 3.05) is 19.7 Å². The van der Waals surface area contributed by atoms with E-state index in [1.165, 1.54) is 11.8 Å². The SMILES string of the molecule is CC(O)CN(CC(C)C(=O)O)C(=O)COc1ccccc1. The molecule has 2 N–H and O–H groups in total. The van der Waals surface area contributed by atoms with E-state index in [0.29, 0.717) is 5.75 Å². The van der Waals surface area contributed by atoms with Crippen LogP contribution in [0.5, 0.6) is 5.75 Å². The number of carbonyl (C=O) groups is 2. The van der Waals surface area contributed by atoms with Gasteiger partial charge in [-0.25, -0.2) is 0 Å². The van der Waals surface area contributed by atoms with Crippen LogP contribution in [-0.4, -0.2) is 52.8 Å². The summed E-state index contributed by atoms with van der Waals surface area (Å²) in [7, 11) is 0. The van der Waals surface area contributed by atoms with Crippen molar-refractivity contribution in [1.82, 2.24) is 4.90 Å². The van der Waals surface area contributed by atoms with Crippen molar-refractivity contribution in [3.8, 4) is 5.75 Å². The first kappa shape index (κ1) is 17.0. The zero-order valence-electron chi connectivity index (χ0n) is 12.2. The second-order valence-corrected chi connectivity index (χ2v) is 4.99. The summed E-state index contributed by atoms with van der Waals surface area (Å²) in [6.07, 6.45) is -0.730. The molecular formula is C15H21NO5. The molecule has 6 nitrogen and oxygen atoms in total. The third kappa shape index (κ3) is 6.27. The highest BCUT2D eigenvalue weighted by atomic mass is 16.5. The topological polar surface area (TPSA) is 87.1 Å². The van der Waals surface area contributed by atoms with Crippen LogP contribution in [-0.2, 0) is 9.59 Å². The standard InChI is InChI=1S/C15H21NO5/c1-11(15(19)20)8-16(9-12(2)17)14(18)10-21-13-6-4-3-5-7-13/h3-7,11-12,17H,8-10H2,1-2H3,(H,19,20). The summed E-state index contributed by atoms with van der Waals surface area (Å²) < 4.78 is 5.35. The molecule has 1 amide bonds. The molecule has 1 aromatic rings. The molecule has 1 aromatic carbocycles. The molecule has 0 radical (unpaired) electrons. The zero-order valence-corrected chi connectivity index (χ0v) is 12.2. The van der Waals surface area contributed by atoms with E-state index in [9.17, 15) is 14.7 Å². The van der Waals surface area contributed by atoms with Gasteiger partial charge in [0.05, 0.1) is 12.0 Å². The lowest BCUT2D eigenvalue weighted by atomic mass is 10.1. The molecule has 1 rings (SSSR count). The van der Waals surface area contributed by atoms with E-state index >= 15 is 0 Å². The third-order valence-electron chi connectivity index (χ3n) is 2.86. The van der Waals surface area contributed by atoms with E-state index in [0.717, 1.165) is 0 Å². The fourth-order valence-electron chi connectivity index (χ4n) is 1.76. The number of para-hydroxylation sites is 1. The van der Waals surface area contributed by atoms with Gasteiger partial charge in [0, 0.05) is 13.1 Å². The number of nitrogens with zero attached hydrogens (tertiary/aromatic N) is 1. The third-order valence-corrected chi connectivity index (χ3v) is 2.86. The van der Waals surface area contributed by atoms with Crippen LogP contribution in [0.25, 0.3) is 0 Å². The second kappa shape index (κ2) is 8.26. The van der Waals surface area contributed by atoms with Crippen molar-refractivity contribution in [1.29, 1.82) is 0 Å². The smallest absolute Gasteiger partial charge is 0.308 e. The minimum Gasteiger partial charge on any atom is -0.484 e. The van der Waals surface area contributed by atoms with Crippen LogP contribution in [0.1, 0.15) is 13.8 Å². The number of rotatable bonds is 8. The summed E-state index contributed by atoms with van der Waals surface area (Å²) in [4.78, 5) is 24.3. The highest BCUT2D eigenvalue weighted by Crippen LogP contribution is 2.09. The van der Waals surface area contributed by atoms with Gasteiger partial charge in [0.15, 0.2) is 6.61 Å². The van der Waals surface area contributed by atoms with Crippen LogP contribution >= 0.6 is 0 Å². The number of aliphatic hydroxyl groups excluding tert-OH is 1. The highest BCUT2D eigenvalue weighted by Gasteiger charge is 2.22. The molecule has 0 aliphatic rings. The minimum absolute atomic E-state index is 0.0389. The number of hydrogen-bond donors (Lipinski definition) is 2. The van der Waals surface area contributed by atoms with E-state index in [-0.39, 0.29) is 25.6 Å². The number of carbonyl (C=O) groups excluding carboxylic acids is 1. The van der Waals surface area contributed by atoms with E-state index in [2.05, 4.69) is 0 Å². The quantitative estimate of drug-likeness (QED) is 0.747. The number of hydrogen-bond acceptors (Lipinski definition) is 4. The Labute approximate surface area is 124 Å². The van der Waals surface area contributed by atoms with Crippen LogP contribution in [0, 0.1) is 5.92 Å². The second-order valence-electron chi connectivity index (χ2n) is 4.99. The Hall–Kier alpha value is -2.08. The lowest BCUT2D eigenvalue weighted by molar-refractivity contribution is -0.144. The van der Waals surface area contributed by atoms with Crippen LogP contribution in [0.15, 0.2) is 30.3 Å². The molecule has 0 saturated heterocycles. The highest BCUT2D eigenvalue weighted by molar-refractivity contribution is 5.79. The van der Waals surface area contributed by atoms with Gasteiger partial charge in [-0.05, 0) is 19.1 Å². The Morgan fingerprint density at radius 2 is 1.81 bits per heavy atom. The van der Waals surface area contributed by atoms with Crippen LogP contribution in [0.2, 0.25) is 0 Å². The fraction of sp³-hybridized carbons (Fsp3) is 0.467. The van der Waals surface area contributed by atoms with Gasteiger partial charge in [0.1, 0.15) is 5.75 Å². The average molecular weight is 295 g/mol. The first-order chi connectivity index (χ1) is 9.90. The molecule has 0 spiro atoms. The molecule has 0 saturated carbocycles. The number of benzene rings is 1. The molecule has 0 aliphatic heterocycles. The fourth-order valence-corrected chi connectivity index (χ4v) is 1.76. The summed E-state index contributed by atoms with van der Waals surface area (Å²) >= 11 is 0. The molecule has 0 fully saturated rings. The first-order valence-electron chi connectivity index (χ1n) is 6.76. The van der Waals surface area contributed by atoms with Crippen molar-refractivity contribution in [2.45, 2.75) is 20.0 Å². The van der Waals surface area contributed by atoms with E-state index in [1.54, 1.807) is 31.2 Å². The average Bonchev–Trinajstić information content (AvgIpc) is 2.44. The van der Waals surface area contributed by atoms with Crippen molar-refractivity contribution >= 4 is 11.9 Å². The van der Waals surface area contributed by atoms with Crippen molar-refractivity contribution in [3.05, 3.63) is 30.3 Å². The van der Waals surface area contributed by atoms with Crippen LogP contribution < -0.4 is 4.74 Å². The Bertz CT molecular complexity index is 460. The number of aliphatic hydroxyl groups is 1. The summed E-state index contributed by atoms with van der Waals surface area (Å²) in [5.74, 6) is -1.48. The number of amides is 1. The summed E-state index contributed by atoms with van der Waals surface area (Å²) in [5.41, 5.74) is 0. The van der Waals surface area contributed by atoms with Gasteiger partial charge in [-0.1, -0.05) is 25.1 Å². The Morgan fingerprint density at radius 1 is 1.19 bits per heavy atom. The maximum atomic E-state index is 12.1. The molecule has 0 aliphatic carbocycles. The Balaban J connectivity index is 2.60. The van der Waals surface area contributed by atoms with E-state index in [4.69, 9.17) is 9.84 Å². The van der Waals surface area contributed by atoms with Crippen molar-refractivity contribution in [3.63, 3.8) is 0 Å². The maximum Gasteiger partial charge on any atom is 0.308 e. The molecule has 0 heterocycles. The molecule has 21 heavy (non-hydrogen) atoms. The lowest BCUT2D eigenvalue weighted by Crippen LogP contribution is -2.43. The molecule has 116 valence electrons. The summed E-state index contributed by atoms with van der Waals surface area (Å²) in [6, 6.07) is 8.88. The van der Waals surface area contributed by atoms with Gasteiger partial charge >= 0.3 is 5.97 Å². The van der Waals surface area contributed by atoms with Crippen molar-refractivity contribution < 1.29 is 24.5 Å². The number of ether oxygens (including phenoxy) is 1. The summed E-state index contributed by atoms with van der Waals surface area (Å²) in [5, 5.41) is 18.3. The van der Waals surface area contributed by atoms with E-state index < -0.39 is 18.0 Å². The predicted molar refractivity (Wildman–Crippen MR) is 77.0 cm³/mol. The minimum atomic E-state index is -0.984. The van der Waals surface area contributed by atoms with Gasteiger partial charge in [-0.15, -0.1) is 0 Å². The molecule has 6 heteroatoms. The van der Waals surface area contributed by atoms with Gasteiger partial charge < -0.3 is 19.8 Å². The molecule has 0 bridgehead atoms. The monoisotopic (exact) mass is 295 g/mol. The van der Waals surface area contributed by atoms with Gasteiger partial charge in [0.2, 0.25) is 0 Å². The largest absolute Gasteiger partial charge is 0.484 e. The molecule has 2 unspecified atom stereocenters. The molecular weight excluding hydrogens is 274 g/mol. The summed E-state index contributed by atoms with van der Waals surface area (Å²) in [6.45, 7) is 2.99. The lowest BCUT2D eigenvalue weighted by Gasteiger charge is -2.25. The first-order valence-corrected chi connectivity index (χ1v) is 6.76. The number of carboxylic acid groups (broad SMARTS) is 1. The van der Waals surface area contributed by atoms with E-state index in [1.807, 2.05) is 6.07 Å².